The molecule has 6 nitrogen and oxygen atoms in total. The van der Waals surface area contributed by atoms with Gasteiger partial charge in [-0.15, -0.1) is 24.0 Å². The second-order valence-electron chi connectivity index (χ2n) is 8.17. The fourth-order valence-corrected chi connectivity index (χ4v) is 4.31. The summed E-state index contributed by atoms with van der Waals surface area (Å²) in [6.07, 6.45) is 2.23. The molecule has 7 heteroatoms. The van der Waals surface area contributed by atoms with Gasteiger partial charge in [0.15, 0.2) is 5.96 Å². The lowest BCUT2D eigenvalue weighted by Crippen LogP contribution is -2.51. The molecule has 0 amide bonds. The van der Waals surface area contributed by atoms with E-state index in [4.69, 9.17) is 4.98 Å². The molecule has 4 rings (SSSR count). The Hall–Kier alpha value is -2.13. The zero-order chi connectivity index (χ0) is 20.9. The number of aliphatic imine (C=N–C) groups is 1. The molecule has 0 radical (unpaired) electrons. The van der Waals surface area contributed by atoms with Gasteiger partial charge in [0.25, 0.3) is 0 Å². The van der Waals surface area contributed by atoms with Crippen LogP contribution in [0.5, 0.6) is 0 Å². The summed E-state index contributed by atoms with van der Waals surface area (Å²) in [4.78, 5) is 11.7. The number of imidazole rings is 1. The first-order chi connectivity index (χ1) is 14.6. The molecule has 1 aliphatic rings. The molecular weight excluding hydrogens is 499 g/mol. The molecule has 166 valence electrons. The lowest BCUT2D eigenvalue weighted by molar-refractivity contribution is 0.134. The molecule has 1 saturated heterocycles. The summed E-state index contributed by atoms with van der Waals surface area (Å²) in [6, 6.07) is 19.9. The monoisotopic (exact) mass is 532 g/mol. The van der Waals surface area contributed by atoms with Crippen LogP contribution in [0.1, 0.15) is 31.2 Å². The fraction of sp³-hybridized carbons (Fsp3) is 0.417. The molecule has 2 unspecified atom stereocenters. The SMILES string of the molecule is CN=C(NCc1nc2ccccc2n1C)NC1CCN(Cc2ccccc2)C(C)C1.I. The summed E-state index contributed by atoms with van der Waals surface area (Å²) >= 11 is 0. The van der Waals surface area contributed by atoms with E-state index in [0.717, 1.165) is 48.7 Å². The van der Waals surface area contributed by atoms with E-state index in [0.29, 0.717) is 18.6 Å². The standard InChI is InChI=1S/C24H32N6.HI/c1-18-15-20(13-14-30(18)17-19-9-5-4-6-10-19)27-24(25-2)26-16-23-28-21-11-7-8-12-22(21)29(23)3;/h4-12,18,20H,13-17H2,1-3H3,(H2,25,26,27);1H. The van der Waals surface area contributed by atoms with E-state index in [9.17, 15) is 0 Å². The number of likely N-dealkylation sites (tertiary alicyclic amines) is 1. The van der Waals surface area contributed by atoms with Gasteiger partial charge in [0, 0.05) is 39.3 Å². The number of hydrogen-bond donors (Lipinski definition) is 2. The molecule has 0 spiro atoms. The van der Waals surface area contributed by atoms with Crippen molar-refractivity contribution in [1.82, 2.24) is 25.1 Å². The van der Waals surface area contributed by atoms with Gasteiger partial charge in [-0.2, -0.15) is 0 Å². The number of hydrogen-bond acceptors (Lipinski definition) is 3. The molecule has 1 aromatic heterocycles. The van der Waals surface area contributed by atoms with Gasteiger partial charge in [0.05, 0.1) is 17.6 Å². The summed E-state index contributed by atoms with van der Waals surface area (Å²) in [7, 11) is 3.89. The maximum absolute atomic E-state index is 4.74. The summed E-state index contributed by atoms with van der Waals surface area (Å²) in [5.41, 5.74) is 3.56. The van der Waals surface area contributed by atoms with Gasteiger partial charge < -0.3 is 15.2 Å². The van der Waals surface area contributed by atoms with Crippen LogP contribution in [0.4, 0.5) is 0 Å². The van der Waals surface area contributed by atoms with E-state index >= 15 is 0 Å². The Balaban J connectivity index is 0.00000272. The van der Waals surface area contributed by atoms with Crippen molar-refractivity contribution in [1.29, 1.82) is 0 Å². The maximum atomic E-state index is 4.74. The van der Waals surface area contributed by atoms with Crippen LogP contribution in [0.25, 0.3) is 11.0 Å². The molecule has 2 aromatic carbocycles. The number of para-hydroxylation sites is 2. The first-order valence-electron chi connectivity index (χ1n) is 10.8. The first kappa shape index (κ1) is 23.5. The summed E-state index contributed by atoms with van der Waals surface area (Å²) in [6.45, 7) is 5.09. The van der Waals surface area contributed by atoms with Gasteiger partial charge in [-0.1, -0.05) is 42.5 Å². The summed E-state index contributed by atoms with van der Waals surface area (Å²) < 4.78 is 2.14. The van der Waals surface area contributed by atoms with Crippen LogP contribution in [0.3, 0.4) is 0 Å². The van der Waals surface area contributed by atoms with Crippen molar-refractivity contribution in [2.75, 3.05) is 13.6 Å². The molecule has 1 fully saturated rings. The number of benzene rings is 2. The minimum absolute atomic E-state index is 0. The van der Waals surface area contributed by atoms with Gasteiger partial charge in [-0.25, -0.2) is 4.98 Å². The van der Waals surface area contributed by atoms with Crippen molar-refractivity contribution >= 4 is 41.0 Å². The second-order valence-corrected chi connectivity index (χ2v) is 8.17. The van der Waals surface area contributed by atoms with E-state index in [1.807, 2.05) is 19.2 Å². The average Bonchev–Trinajstić information content (AvgIpc) is 3.09. The number of nitrogens with one attached hydrogen (secondary N) is 2. The van der Waals surface area contributed by atoms with Crippen LogP contribution in [-0.4, -0.2) is 46.1 Å². The highest BCUT2D eigenvalue weighted by atomic mass is 127. The first-order valence-corrected chi connectivity index (χ1v) is 10.8. The van der Waals surface area contributed by atoms with E-state index < -0.39 is 0 Å². The quantitative estimate of drug-likeness (QED) is 0.297. The molecule has 1 aliphatic heterocycles. The number of fused-ring (bicyclic) bond motifs is 1. The highest BCUT2D eigenvalue weighted by Crippen LogP contribution is 2.20. The molecule has 0 aliphatic carbocycles. The largest absolute Gasteiger partial charge is 0.354 e. The molecule has 31 heavy (non-hydrogen) atoms. The van der Waals surface area contributed by atoms with E-state index in [1.165, 1.54) is 5.56 Å². The Morgan fingerprint density at radius 3 is 2.58 bits per heavy atom. The smallest absolute Gasteiger partial charge is 0.191 e. The van der Waals surface area contributed by atoms with Gasteiger partial charge in [-0.05, 0) is 37.5 Å². The molecule has 3 aromatic rings. The molecular formula is C24H33IN6. The fourth-order valence-electron chi connectivity index (χ4n) is 4.31. The minimum Gasteiger partial charge on any atom is -0.354 e. The van der Waals surface area contributed by atoms with Crippen LogP contribution in [0.15, 0.2) is 59.6 Å². The van der Waals surface area contributed by atoms with E-state index in [1.54, 1.807) is 0 Å². The normalized spacial score (nSPS) is 19.8. The topological polar surface area (TPSA) is 57.5 Å². The number of nitrogens with zero attached hydrogens (tertiary/aromatic N) is 4. The Morgan fingerprint density at radius 2 is 1.87 bits per heavy atom. The average molecular weight is 532 g/mol. The molecule has 0 saturated carbocycles. The molecule has 2 heterocycles. The number of aromatic nitrogens is 2. The van der Waals surface area contributed by atoms with Crippen molar-refractivity contribution < 1.29 is 0 Å². The van der Waals surface area contributed by atoms with Crippen molar-refractivity contribution in [2.45, 2.75) is 44.9 Å². The number of aryl methyl sites for hydroxylation is 1. The number of guanidine groups is 1. The van der Waals surface area contributed by atoms with Crippen LogP contribution < -0.4 is 10.6 Å². The Morgan fingerprint density at radius 1 is 1.13 bits per heavy atom. The number of halogens is 1. The van der Waals surface area contributed by atoms with Crippen LogP contribution >= 0.6 is 24.0 Å². The molecule has 0 bridgehead atoms. The second kappa shape index (κ2) is 10.9. The lowest BCUT2D eigenvalue weighted by Gasteiger charge is -2.38. The third kappa shape index (κ3) is 5.77. The summed E-state index contributed by atoms with van der Waals surface area (Å²) in [5.74, 6) is 1.85. The van der Waals surface area contributed by atoms with Crippen LogP contribution in [-0.2, 0) is 20.1 Å². The van der Waals surface area contributed by atoms with Crippen LogP contribution in [0.2, 0.25) is 0 Å². The van der Waals surface area contributed by atoms with Crippen molar-refractivity contribution in [3.63, 3.8) is 0 Å². The Bertz CT molecular complexity index is 1000. The highest BCUT2D eigenvalue weighted by molar-refractivity contribution is 14.0. The minimum atomic E-state index is 0. The summed E-state index contributed by atoms with van der Waals surface area (Å²) in [5, 5.41) is 7.06. The van der Waals surface area contributed by atoms with Crippen molar-refractivity contribution in [2.24, 2.45) is 12.0 Å². The van der Waals surface area contributed by atoms with Gasteiger partial charge in [-0.3, -0.25) is 9.89 Å². The maximum Gasteiger partial charge on any atom is 0.191 e. The number of rotatable bonds is 5. The third-order valence-corrected chi connectivity index (χ3v) is 6.10. The van der Waals surface area contributed by atoms with Gasteiger partial charge in [0.1, 0.15) is 5.82 Å². The van der Waals surface area contributed by atoms with Gasteiger partial charge in [0.2, 0.25) is 0 Å². The highest BCUT2D eigenvalue weighted by Gasteiger charge is 2.26. The van der Waals surface area contributed by atoms with Crippen LogP contribution in [0, 0.1) is 0 Å². The third-order valence-electron chi connectivity index (χ3n) is 6.10. The van der Waals surface area contributed by atoms with E-state index in [2.05, 4.69) is 81.5 Å². The van der Waals surface area contributed by atoms with Crippen molar-refractivity contribution in [3.05, 3.63) is 66.0 Å². The number of piperidine rings is 1. The van der Waals surface area contributed by atoms with Gasteiger partial charge >= 0.3 is 0 Å². The predicted octanol–water partition coefficient (Wildman–Crippen LogP) is 3.91. The zero-order valence-corrected chi connectivity index (χ0v) is 20.9. The van der Waals surface area contributed by atoms with E-state index in [-0.39, 0.29) is 24.0 Å². The van der Waals surface area contributed by atoms with Crippen molar-refractivity contribution in [3.8, 4) is 0 Å². The zero-order valence-electron chi connectivity index (χ0n) is 18.6. The molecule has 2 atom stereocenters. The molecule has 2 N–H and O–H groups in total. The Labute approximate surface area is 202 Å². The predicted molar refractivity (Wildman–Crippen MR) is 139 cm³/mol. The Kier molecular flexibility index (Phi) is 8.31. The lowest BCUT2D eigenvalue weighted by atomic mass is 9.97.